The van der Waals surface area contributed by atoms with E-state index in [0.717, 1.165) is 18.1 Å². The molecule has 3 heteroatoms. The number of nitrogens with one attached hydrogen (secondary N) is 1. The zero-order chi connectivity index (χ0) is 9.52. The van der Waals surface area contributed by atoms with Crippen LogP contribution in [-0.4, -0.2) is 16.7 Å². The van der Waals surface area contributed by atoms with E-state index in [9.17, 15) is 0 Å². The Balaban J connectivity index is 2.25. The van der Waals surface area contributed by atoms with E-state index in [1.54, 1.807) is 0 Å². The molecule has 13 heavy (non-hydrogen) atoms. The van der Waals surface area contributed by atoms with Crippen LogP contribution in [0.15, 0.2) is 12.1 Å². The molecule has 0 spiro atoms. The fraction of sp³-hybridized carbons (Fsp3) is 0.600. The third-order valence-electron chi connectivity index (χ3n) is 1.88. The summed E-state index contributed by atoms with van der Waals surface area (Å²) in [7, 11) is 0. The van der Waals surface area contributed by atoms with Gasteiger partial charge in [0.25, 0.3) is 0 Å². The Morgan fingerprint density at radius 2 is 2.08 bits per heavy atom. The van der Waals surface area contributed by atoms with E-state index in [2.05, 4.69) is 22.4 Å². The number of aromatic nitrogens is 2. The fourth-order valence-electron chi connectivity index (χ4n) is 1.08. The van der Waals surface area contributed by atoms with Gasteiger partial charge in [0.15, 0.2) is 0 Å². The lowest BCUT2D eigenvalue weighted by Gasteiger charge is -2.03. The zero-order valence-corrected chi connectivity index (χ0v) is 8.38. The van der Waals surface area contributed by atoms with Gasteiger partial charge in [-0.15, -0.1) is 5.10 Å². The van der Waals surface area contributed by atoms with Crippen LogP contribution in [0, 0.1) is 6.92 Å². The van der Waals surface area contributed by atoms with E-state index in [0.29, 0.717) is 0 Å². The predicted octanol–water partition coefficient (Wildman–Crippen LogP) is 2.39. The van der Waals surface area contributed by atoms with Gasteiger partial charge in [0.05, 0.1) is 5.69 Å². The molecule has 0 fully saturated rings. The van der Waals surface area contributed by atoms with Crippen LogP contribution in [0.3, 0.4) is 0 Å². The summed E-state index contributed by atoms with van der Waals surface area (Å²) in [6.07, 6.45) is 3.72. The first-order chi connectivity index (χ1) is 6.33. The Morgan fingerprint density at radius 1 is 1.23 bits per heavy atom. The molecule has 0 aromatic carbocycles. The van der Waals surface area contributed by atoms with E-state index in [-0.39, 0.29) is 0 Å². The van der Waals surface area contributed by atoms with Crippen molar-refractivity contribution in [3.05, 3.63) is 17.8 Å². The maximum atomic E-state index is 4.01. The van der Waals surface area contributed by atoms with Crippen LogP contribution in [0.25, 0.3) is 0 Å². The summed E-state index contributed by atoms with van der Waals surface area (Å²) in [6.45, 7) is 5.13. The first kappa shape index (κ1) is 9.96. The lowest BCUT2D eigenvalue weighted by Crippen LogP contribution is -2.04. The van der Waals surface area contributed by atoms with Gasteiger partial charge in [-0.3, -0.25) is 0 Å². The van der Waals surface area contributed by atoms with Crippen molar-refractivity contribution in [1.29, 1.82) is 0 Å². The first-order valence-electron chi connectivity index (χ1n) is 4.87. The van der Waals surface area contributed by atoms with Gasteiger partial charge in [-0.1, -0.05) is 19.8 Å². The second kappa shape index (κ2) is 5.51. The average Bonchev–Trinajstić information content (AvgIpc) is 2.15. The summed E-state index contributed by atoms with van der Waals surface area (Å²) in [6, 6.07) is 3.93. The van der Waals surface area contributed by atoms with Crippen LogP contribution in [0.5, 0.6) is 0 Å². The molecule has 1 heterocycles. The Bertz CT molecular complexity index is 230. The molecule has 1 aromatic heterocycles. The highest BCUT2D eigenvalue weighted by Gasteiger charge is 1.92. The van der Waals surface area contributed by atoms with E-state index < -0.39 is 0 Å². The number of nitrogens with zero attached hydrogens (tertiary/aromatic N) is 2. The van der Waals surface area contributed by atoms with E-state index in [1.165, 1.54) is 19.3 Å². The highest BCUT2D eigenvalue weighted by Crippen LogP contribution is 2.01. The van der Waals surface area contributed by atoms with Crippen molar-refractivity contribution in [3.8, 4) is 0 Å². The summed E-state index contributed by atoms with van der Waals surface area (Å²) in [5, 5.41) is 11.2. The van der Waals surface area contributed by atoms with Gasteiger partial charge in [-0.2, -0.15) is 5.10 Å². The molecule has 0 aliphatic rings. The second-order valence-corrected chi connectivity index (χ2v) is 3.19. The summed E-state index contributed by atoms with van der Waals surface area (Å²) < 4.78 is 0. The number of aryl methyl sites for hydroxylation is 1. The molecule has 0 amide bonds. The minimum atomic E-state index is 0.877. The van der Waals surface area contributed by atoms with Crippen molar-refractivity contribution in [1.82, 2.24) is 10.2 Å². The molecule has 0 aliphatic carbocycles. The smallest absolute Gasteiger partial charge is 0.148 e. The third-order valence-corrected chi connectivity index (χ3v) is 1.88. The van der Waals surface area contributed by atoms with E-state index >= 15 is 0 Å². The van der Waals surface area contributed by atoms with Crippen LogP contribution < -0.4 is 5.32 Å². The Kier molecular flexibility index (Phi) is 4.23. The van der Waals surface area contributed by atoms with Gasteiger partial charge >= 0.3 is 0 Å². The molecule has 0 aliphatic heterocycles. The van der Waals surface area contributed by atoms with E-state index in [4.69, 9.17) is 0 Å². The van der Waals surface area contributed by atoms with Gasteiger partial charge < -0.3 is 5.32 Å². The second-order valence-electron chi connectivity index (χ2n) is 3.19. The van der Waals surface area contributed by atoms with Crippen molar-refractivity contribution < 1.29 is 0 Å². The number of hydrogen-bond donors (Lipinski definition) is 1. The largest absolute Gasteiger partial charge is 0.369 e. The molecule has 1 N–H and O–H groups in total. The highest BCUT2D eigenvalue weighted by molar-refractivity contribution is 5.32. The topological polar surface area (TPSA) is 37.8 Å². The van der Waals surface area contributed by atoms with E-state index in [1.807, 2.05) is 19.1 Å². The Hall–Kier alpha value is -1.12. The van der Waals surface area contributed by atoms with Gasteiger partial charge in [0, 0.05) is 6.54 Å². The maximum absolute atomic E-state index is 4.01. The van der Waals surface area contributed by atoms with Crippen LogP contribution in [0.4, 0.5) is 5.82 Å². The number of anilines is 1. The van der Waals surface area contributed by atoms with Crippen molar-refractivity contribution in [2.24, 2.45) is 0 Å². The predicted molar refractivity (Wildman–Crippen MR) is 54.8 cm³/mol. The molecule has 0 unspecified atom stereocenters. The molecule has 1 aromatic rings. The fourth-order valence-corrected chi connectivity index (χ4v) is 1.08. The molecule has 3 nitrogen and oxygen atoms in total. The zero-order valence-electron chi connectivity index (χ0n) is 8.38. The quantitative estimate of drug-likeness (QED) is 0.705. The third kappa shape index (κ3) is 3.87. The monoisotopic (exact) mass is 179 g/mol. The van der Waals surface area contributed by atoms with Crippen molar-refractivity contribution >= 4 is 5.82 Å². The summed E-state index contributed by atoms with van der Waals surface area (Å²) >= 11 is 0. The van der Waals surface area contributed by atoms with Crippen molar-refractivity contribution in [3.63, 3.8) is 0 Å². The molecule has 72 valence electrons. The SMILES string of the molecule is CCCCCNc1ccc(C)nn1. The maximum Gasteiger partial charge on any atom is 0.148 e. The van der Waals surface area contributed by atoms with Crippen molar-refractivity contribution in [2.75, 3.05) is 11.9 Å². The minimum Gasteiger partial charge on any atom is -0.369 e. The molecule has 0 radical (unpaired) electrons. The van der Waals surface area contributed by atoms with Crippen LogP contribution in [-0.2, 0) is 0 Å². The lowest BCUT2D eigenvalue weighted by molar-refractivity contribution is 0.741. The number of unbranched alkanes of at least 4 members (excludes halogenated alkanes) is 2. The highest BCUT2D eigenvalue weighted by atomic mass is 15.2. The standard InChI is InChI=1S/C10H17N3/c1-3-4-5-8-11-10-7-6-9(2)12-13-10/h6-7H,3-5,8H2,1-2H3,(H,11,13). The molecular formula is C10H17N3. The summed E-state index contributed by atoms with van der Waals surface area (Å²) in [5.41, 5.74) is 0.958. The van der Waals surface area contributed by atoms with Crippen molar-refractivity contribution in [2.45, 2.75) is 33.1 Å². The van der Waals surface area contributed by atoms with Gasteiger partial charge in [-0.25, -0.2) is 0 Å². The van der Waals surface area contributed by atoms with Crippen LogP contribution in [0.1, 0.15) is 31.9 Å². The lowest BCUT2D eigenvalue weighted by atomic mass is 10.2. The van der Waals surface area contributed by atoms with Gasteiger partial charge in [-0.05, 0) is 25.5 Å². The number of hydrogen-bond acceptors (Lipinski definition) is 3. The minimum absolute atomic E-state index is 0.877. The molecule has 0 saturated carbocycles. The van der Waals surface area contributed by atoms with Crippen LogP contribution >= 0.6 is 0 Å². The van der Waals surface area contributed by atoms with Gasteiger partial charge in [0.1, 0.15) is 5.82 Å². The first-order valence-corrected chi connectivity index (χ1v) is 4.87. The molecule has 0 atom stereocenters. The molecule has 0 bridgehead atoms. The summed E-state index contributed by atoms with van der Waals surface area (Å²) in [4.78, 5) is 0. The number of rotatable bonds is 5. The summed E-state index contributed by atoms with van der Waals surface area (Å²) in [5.74, 6) is 0.877. The van der Waals surface area contributed by atoms with Crippen LogP contribution in [0.2, 0.25) is 0 Å². The molecule has 1 rings (SSSR count). The molecule has 0 saturated heterocycles. The Morgan fingerprint density at radius 3 is 2.69 bits per heavy atom. The molecular weight excluding hydrogens is 162 g/mol. The Labute approximate surface area is 79.6 Å². The normalized spacial score (nSPS) is 10.0. The van der Waals surface area contributed by atoms with Gasteiger partial charge in [0.2, 0.25) is 0 Å². The average molecular weight is 179 g/mol.